The van der Waals surface area contributed by atoms with Crippen LogP contribution in [0.3, 0.4) is 0 Å². The molecule has 2 N–H and O–H groups in total. The minimum atomic E-state index is -0.326. The van der Waals surface area contributed by atoms with Crippen LogP contribution in [0, 0.1) is 0 Å². The number of benzene rings is 2. The van der Waals surface area contributed by atoms with E-state index < -0.39 is 0 Å². The third-order valence-corrected chi connectivity index (χ3v) is 3.68. The molecule has 114 valence electrons. The predicted octanol–water partition coefficient (Wildman–Crippen LogP) is 3.78. The molecule has 0 fully saturated rings. The Kier molecular flexibility index (Phi) is 3.25. The highest BCUT2D eigenvalue weighted by Gasteiger charge is 2.23. The Morgan fingerprint density at radius 3 is 2.36 bits per heavy atom. The summed E-state index contributed by atoms with van der Waals surface area (Å²) in [7, 11) is 0. The van der Waals surface area contributed by atoms with E-state index >= 15 is 0 Å². The molecule has 5 nitrogen and oxygen atoms in total. The molecule has 0 saturated heterocycles. The number of hydrogen-bond donors (Lipinski definition) is 2. The Labute approximate surface area is 132 Å². The first-order valence-electron chi connectivity index (χ1n) is 6.85. The summed E-state index contributed by atoms with van der Waals surface area (Å²) < 4.78 is 0. The number of fused-ring (bicyclic) bond motifs is 1. The first kappa shape index (κ1) is 14.7. The van der Waals surface area contributed by atoms with E-state index in [1.165, 1.54) is 10.9 Å². The lowest BCUT2D eigenvalue weighted by molar-refractivity contribution is 0.429. The fourth-order valence-electron chi connectivity index (χ4n) is 2.32. The van der Waals surface area contributed by atoms with Crippen molar-refractivity contribution in [3.05, 3.63) is 40.9 Å². The zero-order chi connectivity index (χ0) is 16.1. The van der Waals surface area contributed by atoms with E-state index in [4.69, 9.17) is 11.6 Å². The Morgan fingerprint density at radius 1 is 1.00 bits per heavy atom. The number of halogens is 1. The molecule has 1 heterocycles. The van der Waals surface area contributed by atoms with Crippen LogP contribution in [0.2, 0.25) is 5.02 Å². The molecular weight excluding hydrogens is 302 g/mol. The maximum Gasteiger partial charge on any atom is 0.147 e. The maximum absolute atomic E-state index is 10.5. The van der Waals surface area contributed by atoms with Crippen molar-refractivity contribution in [2.24, 2.45) is 0 Å². The summed E-state index contributed by atoms with van der Waals surface area (Å²) in [5.41, 5.74) is 1.91. The van der Waals surface area contributed by atoms with Gasteiger partial charge in [0.25, 0.3) is 0 Å². The molecule has 0 saturated carbocycles. The normalized spacial score (nSPS) is 12.0. The molecule has 0 atom stereocenters. The highest BCUT2D eigenvalue weighted by atomic mass is 35.5. The first-order chi connectivity index (χ1) is 10.3. The Hall–Kier alpha value is -2.27. The number of nitrogens with zero attached hydrogens (tertiary/aromatic N) is 3. The quantitative estimate of drug-likeness (QED) is 0.670. The van der Waals surface area contributed by atoms with Crippen LogP contribution < -0.4 is 0 Å². The van der Waals surface area contributed by atoms with Crippen LogP contribution in [0.5, 0.6) is 11.5 Å². The second-order valence-electron chi connectivity index (χ2n) is 6.23. The Balaban J connectivity index is 2.24. The summed E-state index contributed by atoms with van der Waals surface area (Å²) in [5, 5.41) is 29.7. The molecule has 0 amide bonds. The minimum absolute atomic E-state index is 0.0525. The topological polar surface area (TPSA) is 71.2 Å². The fourth-order valence-corrected chi connectivity index (χ4v) is 2.49. The van der Waals surface area contributed by atoms with Crippen molar-refractivity contribution >= 4 is 22.6 Å². The van der Waals surface area contributed by atoms with Gasteiger partial charge in [-0.15, -0.1) is 15.0 Å². The van der Waals surface area contributed by atoms with Gasteiger partial charge in [0.05, 0.1) is 0 Å². The fraction of sp³-hybridized carbons (Fsp3) is 0.250. The maximum atomic E-state index is 10.5. The van der Waals surface area contributed by atoms with Gasteiger partial charge in [0, 0.05) is 16.7 Å². The van der Waals surface area contributed by atoms with E-state index in [2.05, 4.69) is 10.2 Å². The zero-order valence-electron chi connectivity index (χ0n) is 12.5. The number of aromatic hydroxyl groups is 2. The van der Waals surface area contributed by atoms with E-state index in [0.29, 0.717) is 27.3 Å². The zero-order valence-corrected chi connectivity index (χ0v) is 13.3. The van der Waals surface area contributed by atoms with E-state index in [-0.39, 0.29) is 16.9 Å². The minimum Gasteiger partial charge on any atom is -0.508 e. The third-order valence-electron chi connectivity index (χ3n) is 3.44. The summed E-state index contributed by atoms with van der Waals surface area (Å²) in [6.45, 7) is 5.87. The summed E-state index contributed by atoms with van der Waals surface area (Å²) in [6, 6.07) is 8.17. The molecule has 0 unspecified atom stereocenters. The largest absolute Gasteiger partial charge is 0.508 e. The Bertz CT molecular complexity index is 866. The molecule has 0 radical (unpaired) electrons. The lowest BCUT2D eigenvalue weighted by Crippen LogP contribution is -2.13. The van der Waals surface area contributed by atoms with Crippen LogP contribution in [-0.2, 0) is 5.41 Å². The number of rotatable bonds is 1. The highest BCUT2D eigenvalue weighted by Crippen LogP contribution is 2.38. The van der Waals surface area contributed by atoms with Gasteiger partial charge in [-0.25, -0.2) is 0 Å². The molecule has 0 spiro atoms. The molecule has 3 rings (SSSR count). The molecule has 0 bridgehead atoms. The van der Waals surface area contributed by atoms with Crippen LogP contribution in [0.25, 0.3) is 16.7 Å². The van der Waals surface area contributed by atoms with Gasteiger partial charge in [-0.2, -0.15) is 0 Å². The van der Waals surface area contributed by atoms with Crippen LogP contribution in [0.1, 0.15) is 26.3 Å². The van der Waals surface area contributed by atoms with Gasteiger partial charge in [-0.3, -0.25) is 0 Å². The van der Waals surface area contributed by atoms with Gasteiger partial charge >= 0.3 is 0 Å². The van der Waals surface area contributed by atoms with E-state index in [1.807, 2.05) is 20.8 Å². The molecule has 1 aromatic heterocycles. The molecule has 3 aromatic rings. The highest BCUT2D eigenvalue weighted by molar-refractivity contribution is 6.31. The standard InChI is InChI=1S/C16H16ClN3O2/c1-16(2,3)11-7-10(21)8-14(15(11)22)20-18-12-5-4-9(17)6-13(12)19-20/h4-8,21-22H,1-3H3. The second-order valence-corrected chi connectivity index (χ2v) is 6.67. The molecule has 0 aliphatic rings. The third kappa shape index (κ3) is 2.48. The van der Waals surface area contributed by atoms with E-state index in [1.54, 1.807) is 24.3 Å². The number of phenolic OH excluding ortho intramolecular Hbond substituents is 2. The summed E-state index contributed by atoms with van der Waals surface area (Å²) in [4.78, 5) is 1.31. The SMILES string of the molecule is CC(C)(C)c1cc(O)cc(-n2nc3ccc(Cl)cc3n2)c1O. The summed E-state index contributed by atoms with van der Waals surface area (Å²) in [5.74, 6) is 0.105. The van der Waals surface area contributed by atoms with Gasteiger partial charge in [0.2, 0.25) is 0 Å². The van der Waals surface area contributed by atoms with Crippen molar-refractivity contribution in [3.8, 4) is 17.2 Å². The average molecular weight is 318 g/mol. The molecule has 2 aromatic carbocycles. The summed E-state index contributed by atoms with van der Waals surface area (Å²) >= 11 is 5.95. The molecule has 22 heavy (non-hydrogen) atoms. The first-order valence-corrected chi connectivity index (χ1v) is 7.23. The molecule has 6 heteroatoms. The average Bonchev–Trinajstić information content (AvgIpc) is 2.82. The van der Waals surface area contributed by atoms with Crippen molar-refractivity contribution < 1.29 is 10.2 Å². The van der Waals surface area contributed by atoms with Gasteiger partial charge in [-0.1, -0.05) is 32.4 Å². The number of hydrogen-bond acceptors (Lipinski definition) is 4. The van der Waals surface area contributed by atoms with Crippen molar-refractivity contribution in [1.82, 2.24) is 15.0 Å². The van der Waals surface area contributed by atoms with Crippen LogP contribution in [-0.4, -0.2) is 25.2 Å². The van der Waals surface area contributed by atoms with Crippen molar-refractivity contribution in [1.29, 1.82) is 0 Å². The summed E-state index contributed by atoms with van der Waals surface area (Å²) in [6.07, 6.45) is 0. The van der Waals surface area contributed by atoms with Crippen LogP contribution >= 0.6 is 11.6 Å². The number of phenols is 2. The molecule has 0 aliphatic carbocycles. The lowest BCUT2D eigenvalue weighted by Gasteiger charge is -2.21. The van der Waals surface area contributed by atoms with Gasteiger partial charge < -0.3 is 10.2 Å². The van der Waals surface area contributed by atoms with Gasteiger partial charge in [-0.05, 0) is 29.7 Å². The molecule has 0 aliphatic heterocycles. The van der Waals surface area contributed by atoms with Gasteiger partial charge in [0.15, 0.2) is 0 Å². The van der Waals surface area contributed by atoms with E-state index in [9.17, 15) is 10.2 Å². The van der Waals surface area contributed by atoms with Crippen LogP contribution in [0.4, 0.5) is 0 Å². The van der Waals surface area contributed by atoms with Gasteiger partial charge in [0.1, 0.15) is 28.2 Å². The van der Waals surface area contributed by atoms with Crippen molar-refractivity contribution in [2.75, 3.05) is 0 Å². The lowest BCUT2D eigenvalue weighted by atomic mass is 9.86. The predicted molar refractivity (Wildman–Crippen MR) is 85.9 cm³/mol. The second kappa shape index (κ2) is 4.88. The smallest absolute Gasteiger partial charge is 0.147 e. The van der Waals surface area contributed by atoms with Crippen molar-refractivity contribution in [3.63, 3.8) is 0 Å². The van der Waals surface area contributed by atoms with Crippen molar-refractivity contribution in [2.45, 2.75) is 26.2 Å². The van der Waals surface area contributed by atoms with E-state index in [0.717, 1.165) is 0 Å². The van der Waals surface area contributed by atoms with Crippen LogP contribution in [0.15, 0.2) is 30.3 Å². The Morgan fingerprint density at radius 2 is 1.68 bits per heavy atom. The molecular formula is C16H16ClN3O2. The number of aromatic nitrogens is 3. The monoisotopic (exact) mass is 317 g/mol.